The van der Waals surface area contributed by atoms with Crippen molar-refractivity contribution < 1.29 is 4.79 Å². The highest BCUT2D eigenvalue weighted by Gasteiger charge is 2.25. The van der Waals surface area contributed by atoms with Crippen LogP contribution in [0.3, 0.4) is 0 Å². The van der Waals surface area contributed by atoms with E-state index in [4.69, 9.17) is 0 Å². The van der Waals surface area contributed by atoms with Gasteiger partial charge in [0, 0.05) is 17.7 Å². The van der Waals surface area contributed by atoms with Gasteiger partial charge in [-0.15, -0.1) is 0 Å². The van der Waals surface area contributed by atoms with Crippen LogP contribution in [0, 0.1) is 13.8 Å². The number of hydrogen-bond donors (Lipinski definition) is 0. The molecule has 0 aromatic carbocycles. The molecule has 1 aliphatic rings. The van der Waals surface area contributed by atoms with Crippen molar-refractivity contribution in [3.63, 3.8) is 0 Å². The summed E-state index contributed by atoms with van der Waals surface area (Å²) < 4.78 is 1.50. The number of aromatic nitrogens is 2. The Labute approximate surface area is 94.3 Å². The number of ketones is 1. The lowest BCUT2D eigenvalue weighted by atomic mass is 9.94. The Kier molecular flexibility index (Phi) is 2.90. The first-order valence-corrected chi connectivity index (χ1v) is 5.68. The van der Waals surface area contributed by atoms with Gasteiger partial charge in [0.25, 0.3) is 5.56 Å². The first-order chi connectivity index (χ1) is 7.61. The standard InChI is InChI=1S/C12H16N2O2/c1-8-9(2)13-7-14(12(8)16)10-5-3-4-6-11(10)15/h7,10H,3-6H2,1-2H3. The lowest BCUT2D eigenvalue weighted by Gasteiger charge is -2.22. The molecule has 4 heteroatoms. The molecule has 4 nitrogen and oxygen atoms in total. The average molecular weight is 220 g/mol. The fourth-order valence-electron chi connectivity index (χ4n) is 2.13. The van der Waals surface area contributed by atoms with E-state index in [9.17, 15) is 9.59 Å². The molecule has 0 saturated heterocycles. The molecule has 1 aliphatic carbocycles. The van der Waals surface area contributed by atoms with Crippen LogP contribution in [0.5, 0.6) is 0 Å². The molecule has 0 aliphatic heterocycles. The van der Waals surface area contributed by atoms with Gasteiger partial charge in [-0.1, -0.05) is 6.42 Å². The SMILES string of the molecule is Cc1ncn(C2CCCCC2=O)c(=O)c1C. The third-order valence-electron chi connectivity index (χ3n) is 3.33. The number of nitrogens with zero attached hydrogens (tertiary/aromatic N) is 2. The van der Waals surface area contributed by atoms with Crippen LogP contribution in [0.2, 0.25) is 0 Å². The Morgan fingerprint density at radius 1 is 1.31 bits per heavy atom. The van der Waals surface area contributed by atoms with E-state index in [1.165, 1.54) is 10.9 Å². The lowest BCUT2D eigenvalue weighted by Crippen LogP contribution is -2.33. The highest BCUT2D eigenvalue weighted by atomic mass is 16.1. The van der Waals surface area contributed by atoms with Crippen molar-refractivity contribution in [1.82, 2.24) is 9.55 Å². The predicted molar refractivity (Wildman–Crippen MR) is 60.5 cm³/mol. The Balaban J connectivity index is 2.44. The molecule has 1 heterocycles. The molecular weight excluding hydrogens is 204 g/mol. The molecule has 0 radical (unpaired) electrons. The first-order valence-electron chi connectivity index (χ1n) is 5.68. The van der Waals surface area contributed by atoms with E-state index < -0.39 is 0 Å². The fraction of sp³-hybridized carbons (Fsp3) is 0.583. The summed E-state index contributed by atoms with van der Waals surface area (Å²) in [6, 6.07) is -0.284. The van der Waals surface area contributed by atoms with Gasteiger partial charge in [-0.2, -0.15) is 0 Å². The van der Waals surface area contributed by atoms with E-state index in [1.54, 1.807) is 6.92 Å². The zero-order valence-electron chi connectivity index (χ0n) is 9.69. The van der Waals surface area contributed by atoms with Gasteiger partial charge in [-0.25, -0.2) is 4.98 Å². The van der Waals surface area contributed by atoms with Gasteiger partial charge in [-0.3, -0.25) is 14.2 Å². The number of carbonyl (C=O) groups is 1. The molecule has 2 rings (SSSR count). The number of hydrogen-bond acceptors (Lipinski definition) is 3. The van der Waals surface area contributed by atoms with Gasteiger partial charge in [0.2, 0.25) is 0 Å². The summed E-state index contributed by atoms with van der Waals surface area (Å²) in [5.74, 6) is 0.165. The molecule has 1 aromatic heterocycles. The van der Waals surface area contributed by atoms with Gasteiger partial charge < -0.3 is 0 Å². The van der Waals surface area contributed by atoms with Crippen molar-refractivity contribution in [2.24, 2.45) is 0 Å². The molecule has 1 saturated carbocycles. The molecular formula is C12H16N2O2. The van der Waals surface area contributed by atoms with Gasteiger partial charge in [0.1, 0.15) is 0 Å². The minimum absolute atomic E-state index is 0.0762. The van der Waals surface area contributed by atoms with Crippen molar-refractivity contribution in [2.45, 2.75) is 45.6 Å². The van der Waals surface area contributed by atoms with Crippen molar-refractivity contribution in [2.75, 3.05) is 0 Å². The van der Waals surface area contributed by atoms with Gasteiger partial charge in [0.05, 0.1) is 12.4 Å². The molecule has 1 aromatic rings. The molecule has 1 atom stereocenters. The normalized spacial score (nSPS) is 21.1. The number of carbonyl (C=O) groups excluding carboxylic acids is 1. The van der Waals surface area contributed by atoms with Crippen LogP contribution in [-0.2, 0) is 4.79 Å². The van der Waals surface area contributed by atoms with Crippen LogP contribution < -0.4 is 5.56 Å². The highest BCUT2D eigenvalue weighted by molar-refractivity contribution is 5.83. The monoisotopic (exact) mass is 220 g/mol. The second kappa shape index (κ2) is 4.20. The summed E-state index contributed by atoms with van der Waals surface area (Å²) in [6.07, 6.45) is 4.82. The van der Waals surface area contributed by atoms with Crippen molar-refractivity contribution in [3.8, 4) is 0 Å². The molecule has 0 bridgehead atoms. The topological polar surface area (TPSA) is 52.0 Å². The molecule has 16 heavy (non-hydrogen) atoms. The van der Waals surface area contributed by atoms with Crippen LogP contribution in [0.4, 0.5) is 0 Å². The van der Waals surface area contributed by atoms with E-state index in [0.717, 1.165) is 25.0 Å². The average Bonchev–Trinajstić information content (AvgIpc) is 2.28. The summed E-state index contributed by atoms with van der Waals surface area (Å²) in [5, 5.41) is 0. The van der Waals surface area contributed by atoms with Crippen LogP contribution >= 0.6 is 0 Å². The molecule has 1 fully saturated rings. The van der Waals surface area contributed by atoms with E-state index in [0.29, 0.717) is 12.0 Å². The second-order valence-corrected chi connectivity index (χ2v) is 4.40. The number of rotatable bonds is 1. The zero-order chi connectivity index (χ0) is 11.7. The van der Waals surface area contributed by atoms with Crippen molar-refractivity contribution >= 4 is 5.78 Å². The van der Waals surface area contributed by atoms with Gasteiger partial charge in [-0.05, 0) is 26.7 Å². The Bertz CT molecular complexity index is 476. The molecule has 0 spiro atoms. The zero-order valence-corrected chi connectivity index (χ0v) is 9.69. The first kappa shape index (κ1) is 11.0. The van der Waals surface area contributed by atoms with E-state index in [1.807, 2.05) is 6.92 Å². The van der Waals surface area contributed by atoms with Crippen LogP contribution in [0.25, 0.3) is 0 Å². The predicted octanol–water partition coefficient (Wildman–Crippen LogP) is 1.54. The van der Waals surface area contributed by atoms with E-state index >= 15 is 0 Å². The fourth-order valence-corrected chi connectivity index (χ4v) is 2.13. The Hall–Kier alpha value is -1.45. The summed E-state index contributed by atoms with van der Waals surface area (Å²) in [6.45, 7) is 3.57. The number of aryl methyl sites for hydroxylation is 1. The van der Waals surface area contributed by atoms with E-state index in [2.05, 4.69) is 4.98 Å². The van der Waals surface area contributed by atoms with Crippen molar-refractivity contribution in [1.29, 1.82) is 0 Å². The van der Waals surface area contributed by atoms with Crippen LogP contribution in [-0.4, -0.2) is 15.3 Å². The minimum Gasteiger partial charge on any atom is -0.297 e. The number of Topliss-reactive ketones (excluding diaryl/α,β-unsaturated/α-hetero) is 1. The second-order valence-electron chi connectivity index (χ2n) is 4.40. The largest absolute Gasteiger partial charge is 0.297 e. The summed E-state index contributed by atoms with van der Waals surface area (Å²) in [4.78, 5) is 27.9. The van der Waals surface area contributed by atoms with E-state index in [-0.39, 0.29) is 17.4 Å². The molecule has 0 amide bonds. The maximum atomic E-state index is 12.0. The van der Waals surface area contributed by atoms with Crippen LogP contribution in [0.1, 0.15) is 43.0 Å². The Morgan fingerprint density at radius 2 is 2.06 bits per heavy atom. The summed E-state index contributed by atoms with van der Waals surface area (Å²) >= 11 is 0. The summed E-state index contributed by atoms with van der Waals surface area (Å²) in [7, 11) is 0. The van der Waals surface area contributed by atoms with Crippen molar-refractivity contribution in [3.05, 3.63) is 27.9 Å². The smallest absolute Gasteiger partial charge is 0.257 e. The molecule has 86 valence electrons. The van der Waals surface area contributed by atoms with Gasteiger partial charge in [0.15, 0.2) is 5.78 Å². The molecule has 0 N–H and O–H groups in total. The minimum atomic E-state index is -0.284. The molecule has 1 unspecified atom stereocenters. The van der Waals surface area contributed by atoms with Crippen LogP contribution in [0.15, 0.2) is 11.1 Å². The van der Waals surface area contributed by atoms with Gasteiger partial charge >= 0.3 is 0 Å². The third-order valence-corrected chi connectivity index (χ3v) is 3.33. The lowest BCUT2D eigenvalue weighted by molar-refractivity contribution is -0.123. The quantitative estimate of drug-likeness (QED) is 0.721. The maximum Gasteiger partial charge on any atom is 0.257 e. The Morgan fingerprint density at radius 3 is 2.75 bits per heavy atom. The maximum absolute atomic E-state index is 12.0. The third kappa shape index (κ3) is 1.79. The highest BCUT2D eigenvalue weighted by Crippen LogP contribution is 2.23. The summed E-state index contributed by atoms with van der Waals surface area (Å²) in [5.41, 5.74) is 1.30.